The predicted octanol–water partition coefficient (Wildman–Crippen LogP) is 2.16. The number of aryl methyl sites for hydroxylation is 2. The first-order valence-corrected chi connectivity index (χ1v) is 8.36. The van der Waals surface area contributed by atoms with Gasteiger partial charge in [-0.3, -0.25) is 0 Å². The molecule has 2 rings (SSSR count). The van der Waals surface area contributed by atoms with E-state index in [2.05, 4.69) is 4.98 Å². The fourth-order valence-corrected chi connectivity index (χ4v) is 3.98. The molecular formula is C13H17N3O2S2. The third-order valence-corrected chi connectivity index (χ3v) is 5.86. The minimum absolute atomic E-state index is 0.146. The minimum Gasteiger partial charge on any atom is -0.398 e. The molecule has 0 atom stereocenters. The minimum atomic E-state index is -3.59. The molecule has 1 heterocycles. The van der Waals surface area contributed by atoms with Crippen molar-refractivity contribution in [1.82, 2.24) is 9.29 Å². The number of rotatable bonds is 4. The summed E-state index contributed by atoms with van der Waals surface area (Å²) in [6, 6.07) is 4.96. The van der Waals surface area contributed by atoms with E-state index < -0.39 is 10.0 Å². The fourth-order valence-electron chi connectivity index (χ4n) is 1.84. The molecule has 0 bridgehead atoms. The number of benzene rings is 1. The standard InChI is InChI=1S/C13H17N3O2S2/c1-9-4-5-13(11(14)6-9)20(17,18)16(3)7-12-10(2)15-8-19-12/h4-6,8H,7,14H2,1-3H3. The number of hydrogen-bond donors (Lipinski definition) is 1. The van der Waals surface area contributed by atoms with Crippen LogP contribution in [0.15, 0.2) is 28.6 Å². The summed E-state index contributed by atoms with van der Waals surface area (Å²) >= 11 is 1.45. The number of sulfonamides is 1. The Hall–Kier alpha value is -1.44. The van der Waals surface area contributed by atoms with Crippen LogP contribution in [-0.4, -0.2) is 24.8 Å². The molecular weight excluding hydrogens is 294 g/mol. The van der Waals surface area contributed by atoms with Crippen LogP contribution in [0.1, 0.15) is 16.1 Å². The maximum absolute atomic E-state index is 12.5. The van der Waals surface area contributed by atoms with E-state index in [1.807, 2.05) is 13.8 Å². The van der Waals surface area contributed by atoms with Gasteiger partial charge in [0.15, 0.2) is 0 Å². The Labute approximate surface area is 123 Å². The normalized spacial score (nSPS) is 12.0. The van der Waals surface area contributed by atoms with Crippen molar-refractivity contribution < 1.29 is 8.42 Å². The summed E-state index contributed by atoms with van der Waals surface area (Å²) in [6.07, 6.45) is 0. The molecule has 0 aliphatic carbocycles. The SMILES string of the molecule is Cc1ccc(S(=O)(=O)N(C)Cc2scnc2C)c(N)c1. The Bertz CT molecular complexity index is 723. The van der Waals surface area contributed by atoms with Crippen LogP contribution in [0.5, 0.6) is 0 Å². The molecule has 0 saturated carbocycles. The molecule has 0 aliphatic rings. The van der Waals surface area contributed by atoms with E-state index in [9.17, 15) is 8.42 Å². The Kier molecular flexibility index (Phi) is 4.12. The molecule has 2 aromatic rings. The summed E-state index contributed by atoms with van der Waals surface area (Å²) in [6.45, 7) is 4.04. The van der Waals surface area contributed by atoms with Crippen LogP contribution in [-0.2, 0) is 16.6 Å². The molecule has 0 saturated heterocycles. The molecule has 0 aliphatic heterocycles. The van der Waals surface area contributed by atoms with E-state index in [0.717, 1.165) is 16.1 Å². The summed E-state index contributed by atoms with van der Waals surface area (Å²) in [4.78, 5) is 5.20. The zero-order valence-corrected chi connectivity index (χ0v) is 13.3. The van der Waals surface area contributed by atoms with E-state index in [-0.39, 0.29) is 10.6 Å². The van der Waals surface area contributed by atoms with Gasteiger partial charge in [-0.25, -0.2) is 13.4 Å². The number of nitrogens with zero attached hydrogens (tertiary/aromatic N) is 2. The molecule has 0 unspecified atom stereocenters. The number of nitrogen functional groups attached to an aromatic ring is 1. The zero-order valence-electron chi connectivity index (χ0n) is 11.6. The Morgan fingerprint density at radius 1 is 1.35 bits per heavy atom. The van der Waals surface area contributed by atoms with Crippen molar-refractivity contribution >= 4 is 27.0 Å². The molecule has 2 N–H and O–H groups in total. The number of anilines is 1. The van der Waals surface area contributed by atoms with E-state index in [1.165, 1.54) is 15.6 Å². The summed E-state index contributed by atoms with van der Waals surface area (Å²) in [5.74, 6) is 0. The molecule has 5 nitrogen and oxygen atoms in total. The number of thiazole rings is 1. The van der Waals surface area contributed by atoms with E-state index in [0.29, 0.717) is 6.54 Å². The van der Waals surface area contributed by atoms with Gasteiger partial charge in [-0.1, -0.05) is 6.07 Å². The summed E-state index contributed by atoms with van der Waals surface area (Å²) in [5.41, 5.74) is 9.61. The fraction of sp³-hybridized carbons (Fsp3) is 0.308. The average molecular weight is 311 g/mol. The van der Waals surface area contributed by atoms with Crippen LogP contribution >= 0.6 is 11.3 Å². The van der Waals surface area contributed by atoms with E-state index >= 15 is 0 Å². The molecule has 0 spiro atoms. The van der Waals surface area contributed by atoms with Gasteiger partial charge in [-0.15, -0.1) is 11.3 Å². The van der Waals surface area contributed by atoms with Gasteiger partial charge in [0.2, 0.25) is 10.0 Å². The topological polar surface area (TPSA) is 76.3 Å². The van der Waals surface area contributed by atoms with Crippen molar-refractivity contribution in [3.8, 4) is 0 Å². The maximum Gasteiger partial charge on any atom is 0.245 e. The van der Waals surface area contributed by atoms with Crippen LogP contribution in [0.25, 0.3) is 0 Å². The van der Waals surface area contributed by atoms with Gasteiger partial charge in [0.05, 0.1) is 16.9 Å². The molecule has 0 radical (unpaired) electrons. The lowest BCUT2D eigenvalue weighted by atomic mass is 10.2. The Balaban J connectivity index is 2.32. The van der Waals surface area contributed by atoms with Gasteiger partial charge in [0.25, 0.3) is 0 Å². The second-order valence-corrected chi connectivity index (χ2v) is 7.62. The highest BCUT2D eigenvalue weighted by molar-refractivity contribution is 7.89. The van der Waals surface area contributed by atoms with Crippen molar-refractivity contribution in [3.05, 3.63) is 39.8 Å². The van der Waals surface area contributed by atoms with E-state index in [1.54, 1.807) is 30.8 Å². The summed E-state index contributed by atoms with van der Waals surface area (Å²) in [7, 11) is -2.04. The highest BCUT2D eigenvalue weighted by atomic mass is 32.2. The average Bonchev–Trinajstić information content (AvgIpc) is 2.74. The monoisotopic (exact) mass is 311 g/mol. The van der Waals surface area contributed by atoms with Crippen LogP contribution in [0.2, 0.25) is 0 Å². The van der Waals surface area contributed by atoms with E-state index in [4.69, 9.17) is 5.73 Å². The van der Waals surface area contributed by atoms with Crippen molar-refractivity contribution in [2.75, 3.05) is 12.8 Å². The Morgan fingerprint density at radius 3 is 2.60 bits per heavy atom. The van der Waals surface area contributed by atoms with Crippen molar-refractivity contribution in [1.29, 1.82) is 0 Å². The molecule has 108 valence electrons. The first-order valence-electron chi connectivity index (χ1n) is 6.04. The van der Waals surface area contributed by atoms with Crippen LogP contribution in [0.4, 0.5) is 5.69 Å². The lowest BCUT2D eigenvalue weighted by Gasteiger charge is -2.18. The molecule has 1 aromatic heterocycles. The zero-order chi connectivity index (χ0) is 14.9. The third-order valence-electron chi connectivity index (χ3n) is 3.06. The van der Waals surface area contributed by atoms with Gasteiger partial charge in [-0.2, -0.15) is 4.31 Å². The van der Waals surface area contributed by atoms with Crippen LogP contribution in [0.3, 0.4) is 0 Å². The molecule has 7 heteroatoms. The highest BCUT2D eigenvalue weighted by Gasteiger charge is 2.24. The number of nitrogens with two attached hydrogens (primary N) is 1. The number of hydrogen-bond acceptors (Lipinski definition) is 5. The van der Waals surface area contributed by atoms with Crippen molar-refractivity contribution in [3.63, 3.8) is 0 Å². The van der Waals surface area contributed by atoms with Gasteiger partial charge in [0.1, 0.15) is 4.90 Å². The molecule has 1 aromatic carbocycles. The van der Waals surface area contributed by atoms with Crippen molar-refractivity contribution in [2.24, 2.45) is 0 Å². The lowest BCUT2D eigenvalue weighted by molar-refractivity contribution is 0.469. The first kappa shape index (κ1) is 15.0. The molecule has 20 heavy (non-hydrogen) atoms. The maximum atomic E-state index is 12.5. The second kappa shape index (κ2) is 5.51. The lowest BCUT2D eigenvalue weighted by Crippen LogP contribution is -2.27. The smallest absolute Gasteiger partial charge is 0.245 e. The van der Waals surface area contributed by atoms with Gasteiger partial charge >= 0.3 is 0 Å². The van der Waals surface area contributed by atoms with Crippen molar-refractivity contribution in [2.45, 2.75) is 25.3 Å². The van der Waals surface area contributed by atoms with Crippen LogP contribution in [0, 0.1) is 13.8 Å². The summed E-state index contributed by atoms with van der Waals surface area (Å²) in [5, 5.41) is 0. The number of aromatic nitrogens is 1. The summed E-state index contributed by atoms with van der Waals surface area (Å²) < 4.78 is 26.4. The largest absolute Gasteiger partial charge is 0.398 e. The molecule has 0 fully saturated rings. The predicted molar refractivity (Wildman–Crippen MR) is 81.1 cm³/mol. The Morgan fingerprint density at radius 2 is 2.05 bits per heavy atom. The first-order chi connectivity index (χ1) is 9.32. The highest BCUT2D eigenvalue weighted by Crippen LogP contribution is 2.25. The van der Waals surface area contributed by atoms with Gasteiger partial charge < -0.3 is 5.73 Å². The molecule has 0 amide bonds. The van der Waals surface area contributed by atoms with Gasteiger partial charge in [-0.05, 0) is 31.5 Å². The van der Waals surface area contributed by atoms with Gasteiger partial charge in [0, 0.05) is 18.5 Å². The third kappa shape index (κ3) is 2.84. The van der Waals surface area contributed by atoms with Crippen LogP contribution < -0.4 is 5.73 Å². The second-order valence-electron chi connectivity index (χ2n) is 4.66. The quantitative estimate of drug-likeness (QED) is 0.878.